The number of nitrogens with one attached hydrogen (secondary N) is 1. The minimum Gasteiger partial charge on any atom is -0.497 e. The summed E-state index contributed by atoms with van der Waals surface area (Å²) in [7, 11) is 1.66. The predicted molar refractivity (Wildman–Crippen MR) is 62.5 cm³/mol. The van der Waals surface area contributed by atoms with Gasteiger partial charge in [0.05, 0.1) is 12.8 Å². The van der Waals surface area contributed by atoms with E-state index in [1.807, 2.05) is 26.0 Å². The van der Waals surface area contributed by atoms with Crippen LogP contribution in [0.25, 0.3) is 0 Å². The van der Waals surface area contributed by atoms with Gasteiger partial charge in [0.15, 0.2) is 0 Å². The normalized spacial score (nSPS) is 12.5. The van der Waals surface area contributed by atoms with E-state index in [0.29, 0.717) is 0 Å². The van der Waals surface area contributed by atoms with Crippen molar-refractivity contribution in [2.75, 3.05) is 13.7 Å². The van der Waals surface area contributed by atoms with Crippen LogP contribution >= 0.6 is 11.6 Å². The molecule has 1 unspecified atom stereocenters. The third kappa shape index (κ3) is 4.49. The van der Waals surface area contributed by atoms with Crippen LogP contribution < -0.4 is 10.1 Å². The zero-order chi connectivity index (χ0) is 11.3. The number of pyridine rings is 1. The highest BCUT2D eigenvalue weighted by atomic mass is 35.5. The Morgan fingerprint density at radius 2 is 2.27 bits per heavy atom. The first-order valence-corrected chi connectivity index (χ1v) is 5.42. The third-order valence-electron chi connectivity index (χ3n) is 1.95. The SMILES string of the molecule is COc1cc(C)nc(CNCC(C)Cl)c1. The molecule has 4 heteroatoms. The number of ether oxygens (including phenoxy) is 1. The quantitative estimate of drug-likeness (QED) is 0.784. The molecule has 15 heavy (non-hydrogen) atoms. The van der Waals surface area contributed by atoms with Crippen LogP contribution in [-0.2, 0) is 6.54 Å². The summed E-state index contributed by atoms with van der Waals surface area (Å²) >= 11 is 5.83. The first-order chi connectivity index (χ1) is 7.11. The van der Waals surface area contributed by atoms with E-state index in [1.165, 1.54) is 0 Å². The van der Waals surface area contributed by atoms with Gasteiger partial charge in [0, 0.05) is 36.3 Å². The molecule has 1 atom stereocenters. The highest BCUT2D eigenvalue weighted by molar-refractivity contribution is 6.20. The molecule has 1 N–H and O–H groups in total. The molecule has 0 aliphatic heterocycles. The van der Waals surface area contributed by atoms with Crippen molar-refractivity contribution in [2.45, 2.75) is 25.8 Å². The van der Waals surface area contributed by atoms with Crippen molar-refractivity contribution in [1.29, 1.82) is 0 Å². The van der Waals surface area contributed by atoms with Crippen LogP contribution in [0.1, 0.15) is 18.3 Å². The average molecular weight is 229 g/mol. The van der Waals surface area contributed by atoms with Crippen molar-refractivity contribution < 1.29 is 4.74 Å². The second kappa shape index (κ2) is 5.93. The molecule has 1 rings (SSSR count). The molecular formula is C11H17ClN2O. The van der Waals surface area contributed by atoms with Crippen LogP contribution in [0.2, 0.25) is 0 Å². The Kier molecular flexibility index (Phi) is 4.85. The molecule has 3 nitrogen and oxygen atoms in total. The van der Waals surface area contributed by atoms with E-state index < -0.39 is 0 Å². The minimum absolute atomic E-state index is 0.136. The molecule has 0 aliphatic rings. The summed E-state index contributed by atoms with van der Waals surface area (Å²) in [5.74, 6) is 0.846. The number of nitrogens with zero attached hydrogens (tertiary/aromatic N) is 1. The third-order valence-corrected chi connectivity index (χ3v) is 2.10. The number of aryl methyl sites for hydroxylation is 1. The van der Waals surface area contributed by atoms with Crippen LogP contribution in [0.4, 0.5) is 0 Å². The summed E-state index contributed by atoms with van der Waals surface area (Å²) in [4.78, 5) is 4.39. The second-order valence-corrected chi connectivity index (χ2v) is 4.30. The van der Waals surface area contributed by atoms with Gasteiger partial charge in [0.2, 0.25) is 0 Å². The van der Waals surface area contributed by atoms with Gasteiger partial charge in [-0.3, -0.25) is 4.98 Å². The Morgan fingerprint density at radius 3 is 2.87 bits per heavy atom. The largest absolute Gasteiger partial charge is 0.497 e. The first kappa shape index (κ1) is 12.3. The number of halogens is 1. The maximum Gasteiger partial charge on any atom is 0.122 e. The Morgan fingerprint density at radius 1 is 1.53 bits per heavy atom. The summed E-state index contributed by atoms with van der Waals surface area (Å²) in [6, 6.07) is 3.84. The lowest BCUT2D eigenvalue weighted by Crippen LogP contribution is -2.21. The van der Waals surface area contributed by atoms with E-state index in [1.54, 1.807) is 7.11 Å². The lowest BCUT2D eigenvalue weighted by molar-refractivity contribution is 0.412. The Labute approximate surface area is 95.8 Å². The molecule has 0 aliphatic carbocycles. The summed E-state index contributed by atoms with van der Waals surface area (Å²) in [6.45, 7) is 5.41. The van der Waals surface area contributed by atoms with Gasteiger partial charge in [-0.15, -0.1) is 11.6 Å². The van der Waals surface area contributed by atoms with Gasteiger partial charge >= 0.3 is 0 Å². The van der Waals surface area contributed by atoms with Crippen LogP contribution in [0, 0.1) is 6.92 Å². The van der Waals surface area contributed by atoms with Gasteiger partial charge in [-0.2, -0.15) is 0 Å². The van der Waals surface area contributed by atoms with Crippen molar-refractivity contribution in [3.05, 3.63) is 23.5 Å². The zero-order valence-corrected chi connectivity index (χ0v) is 10.1. The lowest BCUT2D eigenvalue weighted by atomic mass is 10.3. The molecule has 0 saturated carbocycles. The van der Waals surface area contributed by atoms with Gasteiger partial charge in [-0.05, 0) is 13.8 Å². The maximum absolute atomic E-state index is 5.83. The highest BCUT2D eigenvalue weighted by Gasteiger charge is 2.01. The predicted octanol–water partition coefficient (Wildman–Crippen LogP) is 2.12. The van der Waals surface area contributed by atoms with Gasteiger partial charge in [-0.25, -0.2) is 0 Å². The van der Waals surface area contributed by atoms with Crippen LogP contribution in [0.15, 0.2) is 12.1 Å². The standard InChI is InChI=1S/C11H17ClN2O/c1-8(12)6-13-7-10-5-11(15-3)4-9(2)14-10/h4-5,8,13H,6-7H2,1-3H3. The number of aromatic nitrogens is 1. The average Bonchev–Trinajstić information content (AvgIpc) is 2.16. The zero-order valence-electron chi connectivity index (χ0n) is 9.38. The summed E-state index contributed by atoms with van der Waals surface area (Å²) in [5, 5.41) is 3.37. The Balaban J connectivity index is 2.56. The summed E-state index contributed by atoms with van der Waals surface area (Å²) < 4.78 is 5.17. The van der Waals surface area contributed by atoms with Crippen molar-refractivity contribution >= 4 is 11.6 Å². The Bertz CT molecular complexity index is 315. The lowest BCUT2D eigenvalue weighted by Gasteiger charge is -2.08. The fourth-order valence-corrected chi connectivity index (χ4v) is 1.42. The Hall–Kier alpha value is -0.800. The van der Waals surface area contributed by atoms with Crippen LogP contribution in [-0.4, -0.2) is 24.0 Å². The number of hydrogen-bond acceptors (Lipinski definition) is 3. The smallest absolute Gasteiger partial charge is 0.122 e. The van der Waals surface area contributed by atoms with Crippen molar-refractivity contribution in [1.82, 2.24) is 10.3 Å². The molecule has 0 radical (unpaired) electrons. The van der Waals surface area contributed by atoms with E-state index in [0.717, 1.165) is 30.2 Å². The molecule has 0 bridgehead atoms. The van der Waals surface area contributed by atoms with Crippen molar-refractivity contribution in [3.8, 4) is 5.75 Å². The van der Waals surface area contributed by atoms with Gasteiger partial charge in [0.1, 0.15) is 5.75 Å². The van der Waals surface area contributed by atoms with Gasteiger partial charge in [-0.1, -0.05) is 0 Å². The number of alkyl halides is 1. The van der Waals surface area contributed by atoms with Crippen LogP contribution in [0.3, 0.4) is 0 Å². The monoisotopic (exact) mass is 228 g/mol. The van der Waals surface area contributed by atoms with E-state index in [9.17, 15) is 0 Å². The molecule has 0 aromatic carbocycles. The first-order valence-electron chi connectivity index (χ1n) is 4.98. The summed E-state index contributed by atoms with van der Waals surface area (Å²) in [5.41, 5.74) is 1.94. The fourth-order valence-electron chi connectivity index (χ4n) is 1.31. The number of rotatable bonds is 5. The molecule has 1 heterocycles. The molecule has 0 saturated heterocycles. The number of methoxy groups -OCH3 is 1. The highest BCUT2D eigenvalue weighted by Crippen LogP contribution is 2.12. The fraction of sp³-hybridized carbons (Fsp3) is 0.545. The second-order valence-electron chi connectivity index (χ2n) is 3.55. The molecule has 0 fully saturated rings. The molecule has 84 valence electrons. The van der Waals surface area contributed by atoms with Crippen molar-refractivity contribution in [2.24, 2.45) is 0 Å². The maximum atomic E-state index is 5.83. The molecule has 1 aromatic heterocycles. The summed E-state index contributed by atoms with van der Waals surface area (Å²) in [6.07, 6.45) is 0. The molecule has 0 spiro atoms. The molecular weight excluding hydrogens is 212 g/mol. The topological polar surface area (TPSA) is 34.1 Å². The van der Waals surface area contributed by atoms with Crippen LogP contribution in [0.5, 0.6) is 5.75 Å². The van der Waals surface area contributed by atoms with E-state index in [-0.39, 0.29) is 5.38 Å². The van der Waals surface area contributed by atoms with Gasteiger partial charge in [0.25, 0.3) is 0 Å². The van der Waals surface area contributed by atoms with E-state index in [4.69, 9.17) is 16.3 Å². The van der Waals surface area contributed by atoms with Crippen molar-refractivity contribution in [3.63, 3.8) is 0 Å². The van der Waals surface area contributed by atoms with E-state index >= 15 is 0 Å². The number of hydrogen-bond donors (Lipinski definition) is 1. The molecule has 0 amide bonds. The minimum atomic E-state index is 0.136. The van der Waals surface area contributed by atoms with Gasteiger partial charge < -0.3 is 10.1 Å². The molecule has 1 aromatic rings. The van der Waals surface area contributed by atoms with E-state index in [2.05, 4.69) is 10.3 Å².